The molecule has 8 heteroatoms. The highest BCUT2D eigenvalue weighted by Crippen LogP contribution is 2.14. The van der Waals surface area contributed by atoms with E-state index in [1.807, 2.05) is 17.5 Å². The Morgan fingerprint density at radius 1 is 1.55 bits per heavy atom. The maximum Gasteiger partial charge on any atom is 0.319 e. The highest BCUT2D eigenvalue weighted by atomic mass is 32.1. The van der Waals surface area contributed by atoms with Crippen LogP contribution in [0.5, 0.6) is 0 Å². The van der Waals surface area contributed by atoms with E-state index < -0.39 is 12.6 Å². The summed E-state index contributed by atoms with van der Waals surface area (Å²) in [4.78, 5) is 18.8. The fraction of sp³-hybridized carbons (Fsp3) is 0.429. The molecule has 22 heavy (non-hydrogen) atoms. The first-order chi connectivity index (χ1) is 10.5. The second-order valence-electron chi connectivity index (χ2n) is 4.92. The Morgan fingerprint density at radius 2 is 2.32 bits per heavy atom. The summed E-state index contributed by atoms with van der Waals surface area (Å²) in [6.07, 6.45) is 2.56. The number of alkyl halides is 2. The number of halogens is 2. The molecule has 0 bridgehead atoms. The van der Waals surface area contributed by atoms with Crippen molar-refractivity contribution in [2.24, 2.45) is 0 Å². The molecule has 2 rings (SSSR count). The predicted octanol–water partition coefficient (Wildman–Crippen LogP) is 2.48. The van der Waals surface area contributed by atoms with Gasteiger partial charge < -0.3 is 5.32 Å². The fourth-order valence-electron chi connectivity index (χ4n) is 1.94. The lowest BCUT2D eigenvalue weighted by atomic mass is 10.2. The Labute approximate surface area is 131 Å². The van der Waals surface area contributed by atoms with E-state index in [9.17, 15) is 13.6 Å². The van der Waals surface area contributed by atoms with Gasteiger partial charge in [0.2, 0.25) is 5.91 Å². The maximum absolute atomic E-state index is 12.8. The van der Waals surface area contributed by atoms with Gasteiger partial charge in [-0.2, -0.15) is 8.78 Å². The second-order valence-corrected chi connectivity index (χ2v) is 5.95. The lowest BCUT2D eigenvalue weighted by Gasteiger charge is -2.23. The molecule has 2 heterocycles. The van der Waals surface area contributed by atoms with Crippen LogP contribution in [0, 0.1) is 0 Å². The molecule has 0 aliphatic rings. The number of thiophene rings is 1. The molecule has 0 saturated carbocycles. The van der Waals surface area contributed by atoms with Gasteiger partial charge in [0.1, 0.15) is 5.82 Å². The molecule has 1 atom stereocenters. The zero-order valence-electron chi connectivity index (χ0n) is 12.4. The monoisotopic (exact) mass is 328 g/mol. The van der Waals surface area contributed by atoms with Gasteiger partial charge in [0.15, 0.2) is 0 Å². The lowest BCUT2D eigenvalue weighted by Crippen LogP contribution is -2.42. The molecule has 0 aliphatic carbocycles. The zero-order valence-corrected chi connectivity index (χ0v) is 13.2. The molecule has 0 spiro atoms. The highest BCUT2D eigenvalue weighted by molar-refractivity contribution is 7.09. The van der Waals surface area contributed by atoms with Crippen molar-refractivity contribution in [3.63, 3.8) is 0 Å². The average Bonchev–Trinajstić information content (AvgIpc) is 3.14. The van der Waals surface area contributed by atoms with E-state index in [1.54, 1.807) is 30.2 Å². The van der Waals surface area contributed by atoms with Gasteiger partial charge in [-0.25, -0.2) is 4.98 Å². The second kappa shape index (κ2) is 7.46. The van der Waals surface area contributed by atoms with Crippen LogP contribution in [0.2, 0.25) is 0 Å². The molecule has 1 unspecified atom stereocenters. The summed E-state index contributed by atoms with van der Waals surface area (Å²) >= 11 is 1.57. The van der Waals surface area contributed by atoms with Gasteiger partial charge >= 0.3 is 6.55 Å². The molecule has 120 valence electrons. The van der Waals surface area contributed by atoms with E-state index in [2.05, 4.69) is 10.3 Å². The fourth-order valence-corrected chi connectivity index (χ4v) is 2.58. The number of likely N-dealkylation sites (N-methyl/N-ethyl adjacent to an activating group) is 1. The summed E-state index contributed by atoms with van der Waals surface area (Å²) in [5.41, 5.74) is 0. The number of rotatable bonds is 7. The summed E-state index contributed by atoms with van der Waals surface area (Å²) in [6.45, 7) is -0.251. The van der Waals surface area contributed by atoms with Gasteiger partial charge in [0.05, 0.1) is 19.1 Å². The van der Waals surface area contributed by atoms with Gasteiger partial charge in [0, 0.05) is 17.3 Å². The largest absolute Gasteiger partial charge is 0.350 e. The van der Waals surface area contributed by atoms with E-state index in [-0.39, 0.29) is 18.3 Å². The summed E-state index contributed by atoms with van der Waals surface area (Å²) in [7, 11) is 1.71. The van der Waals surface area contributed by atoms with Crippen molar-refractivity contribution in [3.05, 3.63) is 40.6 Å². The number of amides is 1. The molecule has 2 aromatic heterocycles. The van der Waals surface area contributed by atoms with Gasteiger partial charge in [-0.05, 0) is 25.4 Å². The minimum Gasteiger partial charge on any atom is -0.350 e. The summed E-state index contributed by atoms with van der Waals surface area (Å²) in [6, 6.07) is 3.42. The Kier molecular flexibility index (Phi) is 5.62. The molecule has 0 aliphatic heterocycles. The molecule has 0 fully saturated rings. The third-order valence-electron chi connectivity index (χ3n) is 3.41. The molecule has 1 N–H and O–H groups in total. The van der Waals surface area contributed by atoms with Crippen LogP contribution in [-0.4, -0.2) is 33.4 Å². The van der Waals surface area contributed by atoms with Crippen LogP contribution in [0.1, 0.15) is 24.2 Å². The third-order valence-corrected chi connectivity index (χ3v) is 4.28. The zero-order chi connectivity index (χ0) is 16.1. The summed E-state index contributed by atoms with van der Waals surface area (Å²) in [5.74, 6) is 0.0847. The molecule has 2 aromatic rings. The number of nitrogens with one attached hydrogen (secondary N) is 1. The minimum atomic E-state index is -2.63. The smallest absolute Gasteiger partial charge is 0.319 e. The Morgan fingerprint density at radius 3 is 2.95 bits per heavy atom. The van der Waals surface area contributed by atoms with Crippen LogP contribution in [0.3, 0.4) is 0 Å². The van der Waals surface area contributed by atoms with Crippen molar-refractivity contribution in [1.29, 1.82) is 0 Å². The highest BCUT2D eigenvalue weighted by Gasteiger charge is 2.20. The van der Waals surface area contributed by atoms with E-state index in [0.29, 0.717) is 6.54 Å². The van der Waals surface area contributed by atoms with E-state index in [1.165, 1.54) is 12.4 Å². The Bertz CT molecular complexity index is 600. The Hall–Kier alpha value is -1.80. The first-order valence-corrected chi connectivity index (χ1v) is 7.67. The normalized spacial score (nSPS) is 12.8. The molecule has 5 nitrogen and oxygen atoms in total. The topological polar surface area (TPSA) is 50.2 Å². The lowest BCUT2D eigenvalue weighted by molar-refractivity contribution is -0.125. The quantitative estimate of drug-likeness (QED) is 0.849. The summed E-state index contributed by atoms with van der Waals surface area (Å²) < 4.78 is 26.3. The molecular formula is C14H18F2N4OS. The first kappa shape index (κ1) is 16.6. The van der Waals surface area contributed by atoms with Gasteiger partial charge in [-0.3, -0.25) is 14.3 Å². The SMILES string of the molecule is CC(C(=O)NCc1cccs1)N(C)Cc1nccn1C(F)F. The number of hydrogen-bond acceptors (Lipinski definition) is 4. The van der Waals surface area contributed by atoms with Crippen LogP contribution in [0.15, 0.2) is 29.9 Å². The number of aromatic nitrogens is 2. The van der Waals surface area contributed by atoms with Crippen molar-refractivity contribution in [2.45, 2.75) is 32.6 Å². The third kappa shape index (κ3) is 4.11. The van der Waals surface area contributed by atoms with Crippen molar-refractivity contribution >= 4 is 17.2 Å². The number of imidazole rings is 1. The van der Waals surface area contributed by atoms with Crippen molar-refractivity contribution in [3.8, 4) is 0 Å². The van der Waals surface area contributed by atoms with Crippen molar-refractivity contribution < 1.29 is 13.6 Å². The standard InChI is InChI=1S/C14H18F2N4OS/c1-10(13(21)18-8-11-4-3-7-22-11)19(2)9-12-17-5-6-20(12)14(15)16/h3-7,10,14H,8-9H2,1-2H3,(H,18,21). The molecule has 0 aromatic carbocycles. The molecular weight excluding hydrogens is 310 g/mol. The van der Waals surface area contributed by atoms with E-state index in [4.69, 9.17) is 0 Å². The Balaban J connectivity index is 1.89. The predicted molar refractivity (Wildman–Crippen MR) is 80.6 cm³/mol. The first-order valence-electron chi connectivity index (χ1n) is 6.79. The minimum absolute atomic E-state index is 0.147. The van der Waals surface area contributed by atoms with E-state index >= 15 is 0 Å². The average molecular weight is 328 g/mol. The number of carbonyl (C=O) groups excluding carboxylic acids is 1. The van der Waals surface area contributed by atoms with Crippen LogP contribution >= 0.6 is 11.3 Å². The number of carbonyl (C=O) groups is 1. The molecule has 1 amide bonds. The number of nitrogens with zero attached hydrogens (tertiary/aromatic N) is 3. The van der Waals surface area contributed by atoms with Crippen molar-refractivity contribution in [2.75, 3.05) is 7.05 Å². The maximum atomic E-state index is 12.8. The van der Waals surface area contributed by atoms with Gasteiger partial charge in [-0.15, -0.1) is 11.3 Å². The van der Waals surface area contributed by atoms with Crippen LogP contribution in [-0.2, 0) is 17.9 Å². The number of hydrogen-bond donors (Lipinski definition) is 1. The molecule has 0 radical (unpaired) electrons. The van der Waals surface area contributed by atoms with Gasteiger partial charge in [0.25, 0.3) is 0 Å². The van der Waals surface area contributed by atoms with Crippen molar-refractivity contribution in [1.82, 2.24) is 19.8 Å². The summed E-state index contributed by atoms with van der Waals surface area (Å²) in [5, 5.41) is 4.78. The van der Waals surface area contributed by atoms with Crippen LogP contribution < -0.4 is 5.32 Å². The van der Waals surface area contributed by atoms with Crippen LogP contribution in [0.4, 0.5) is 8.78 Å². The van der Waals surface area contributed by atoms with Gasteiger partial charge in [-0.1, -0.05) is 6.07 Å². The van der Waals surface area contributed by atoms with Crippen LogP contribution in [0.25, 0.3) is 0 Å². The van der Waals surface area contributed by atoms with E-state index in [0.717, 1.165) is 9.44 Å². The molecule has 0 saturated heterocycles.